The average Bonchev–Trinajstić information content (AvgIpc) is 3.00. The van der Waals surface area contributed by atoms with Crippen LogP contribution in [0.5, 0.6) is 0 Å². The van der Waals surface area contributed by atoms with Gasteiger partial charge in [-0.3, -0.25) is 4.79 Å². The largest absolute Gasteiger partial charge is 0.355 e. The molecule has 0 radical (unpaired) electrons. The van der Waals surface area contributed by atoms with Crippen LogP contribution < -0.4 is 5.32 Å². The fourth-order valence-corrected chi connectivity index (χ4v) is 2.87. The maximum atomic E-state index is 12.2. The van der Waals surface area contributed by atoms with Crippen molar-refractivity contribution in [1.82, 2.24) is 25.5 Å². The molecule has 0 aliphatic heterocycles. The summed E-state index contributed by atoms with van der Waals surface area (Å²) in [4.78, 5) is 12.2. The maximum Gasteiger partial charge on any atom is 0.233 e. The molecule has 0 fully saturated rings. The van der Waals surface area contributed by atoms with Crippen LogP contribution in [0.25, 0.3) is 0 Å². The number of tetrazole rings is 1. The Balaban J connectivity index is 1.84. The Morgan fingerprint density at radius 1 is 1.32 bits per heavy atom. The third-order valence-electron chi connectivity index (χ3n) is 3.40. The van der Waals surface area contributed by atoms with Gasteiger partial charge in [0, 0.05) is 13.1 Å². The smallest absolute Gasteiger partial charge is 0.233 e. The monoisotopic (exact) mass is 319 g/mol. The van der Waals surface area contributed by atoms with E-state index in [0.29, 0.717) is 18.2 Å². The molecule has 0 aliphatic rings. The predicted octanol–water partition coefficient (Wildman–Crippen LogP) is 2.09. The lowest BCUT2D eigenvalue weighted by Crippen LogP contribution is -2.33. The number of nitrogens with zero attached hydrogens (tertiary/aromatic N) is 4. The topological polar surface area (TPSA) is 72.7 Å². The van der Waals surface area contributed by atoms with E-state index in [2.05, 4.69) is 39.9 Å². The van der Waals surface area contributed by atoms with Gasteiger partial charge in [0.25, 0.3) is 0 Å². The second-order valence-electron chi connectivity index (χ2n) is 5.09. The van der Waals surface area contributed by atoms with E-state index in [1.807, 2.05) is 32.0 Å². The lowest BCUT2D eigenvalue weighted by atomic mass is 10.0. The second-order valence-corrected chi connectivity index (χ2v) is 6.40. The minimum atomic E-state index is -0.237. The van der Waals surface area contributed by atoms with E-state index < -0.39 is 0 Å². The first-order valence-electron chi connectivity index (χ1n) is 7.37. The normalized spacial score (nSPS) is 13.6. The minimum Gasteiger partial charge on any atom is -0.355 e. The number of hydrogen-bond donors (Lipinski definition) is 1. The van der Waals surface area contributed by atoms with Gasteiger partial charge in [-0.25, -0.2) is 4.68 Å². The summed E-state index contributed by atoms with van der Waals surface area (Å²) in [6.45, 7) is 7.24. The van der Waals surface area contributed by atoms with Crippen LogP contribution in [-0.2, 0) is 11.3 Å². The molecule has 118 valence electrons. The number of aromatic nitrogens is 4. The van der Waals surface area contributed by atoms with Crippen molar-refractivity contribution >= 4 is 17.7 Å². The van der Waals surface area contributed by atoms with Crippen molar-refractivity contribution < 1.29 is 4.79 Å². The fourth-order valence-electron chi connectivity index (χ4n) is 1.99. The van der Waals surface area contributed by atoms with Crippen molar-refractivity contribution in [2.45, 2.75) is 43.6 Å². The molecule has 0 saturated heterocycles. The lowest BCUT2D eigenvalue weighted by Gasteiger charge is -2.15. The van der Waals surface area contributed by atoms with Crippen molar-refractivity contribution in [2.24, 2.45) is 0 Å². The Labute approximate surface area is 134 Å². The van der Waals surface area contributed by atoms with E-state index in [1.54, 1.807) is 4.68 Å². The maximum absolute atomic E-state index is 12.2. The second kappa shape index (κ2) is 7.93. The van der Waals surface area contributed by atoms with Gasteiger partial charge in [0.1, 0.15) is 0 Å². The summed E-state index contributed by atoms with van der Waals surface area (Å²) in [5.41, 5.74) is 1.22. The van der Waals surface area contributed by atoms with Gasteiger partial charge in [-0.05, 0) is 35.8 Å². The molecule has 6 nitrogen and oxygen atoms in total. The standard InChI is InChI=1S/C15H21N5OS/c1-4-20-15(17-18-19-20)22-12(3)14(21)16-10-11(2)13-8-6-5-7-9-13/h5-9,11-12H,4,10H2,1-3H3,(H,16,21). The minimum absolute atomic E-state index is 0.00145. The molecule has 2 rings (SSSR count). The third kappa shape index (κ3) is 4.30. The highest BCUT2D eigenvalue weighted by atomic mass is 32.2. The number of hydrogen-bond acceptors (Lipinski definition) is 5. The number of benzene rings is 1. The van der Waals surface area contributed by atoms with Crippen LogP contribution in [0, 0.1) is 0 Å². The first-order chi connectivity index (χ1) is 10.6. The zero-order valence-corrected chi connectivity index (χ0v) is 13.9. The van der Waals surface area contributed by atoms with E-state index in [-0.39, 0.29) is 17.1 Å². The van der Waals surface area contributed by atoms with E-state index in [0.717, 1.165) is 0 Å². The molecular formula is C15H21N5OS. The average molecular weight is 319 g/mol. The van der Waals surface area contributed by atoms with Gasteiger partial charge in [0.2, 0.25) is 11.1 Å². The molecule has 22 heavy (non-hydrogen) atoms. The summed E-state index contributed by atoms with van der Waals surface area (Å²) >= 11 is 1.37. The van der Waals surface area contributed by atoms with Crippen LogP contribution in [0.4, 0.5) is 0 Å². The summed E-state index contributed by atoms with van der Waals surface area (Å²) in [5, 5.41) is 14.9. The quantitative estimate of drug-likeness (QED) is 0.791. The molecule has 1 aromatic carbocycles. The number of carbonyl (C=O) groups is 1. The molecule has 7 heteroatoms. The van der Waals surface area contributed by atoms with E-state index in [4.69, 9.17) is 0 Å². The molecule has 2 unspecified atom stereocenters. The van der Waals surface area contributed by atoms with Crippen molar-refractivity contribution in [3.8, 4) is 0 Å². The molecule has 2 aromatic rings. The van der Waals surface area contributed by atoms with Crippen LogP contribution in [0.3, 0.4) is 0 Å². The van der Waals surface area contributed by atoms with Crippen LogP contribution in [0.15, 0.2) is 35.5 Å². The van der Waals surface area contributed by atoms with Crippen molar-refractivity contribution in [3.63, 3.8) is 0 Å². The predicted molar refractivity (Wildman–Crippen MR) is 86.7 cm³/mol. The molecule has 2 atom stereocenters. The molecule has 1 aromatic heterocycles. The number of aryl methyl sites for hydroxylation is 1. The summed E-state index contributed by atoms with van der Waals surface area (Å²) in [6, 6.07) is 10.2. The summed E-state index contributed by atoms with van der Waals surface area (Å²) in [5.74, 6) is 0.279. The number of nitrogens with one attached hydrogen (secondary N) is 1. The van der Waals surface area contributed by atoms with Crippen LogP contribution in [0.2, 0.25) is 0 Å². The molecule has 0 saturated carbocycles. The Hall–Kier alpha value is -1.89. The van der Waals surface area contributed by atoms with Gasteiger partial charge in [-0.15, -0.1) is 5.10 Å². The molecule has 1 heterocycles. The Morgan fingerprint density at radius 3 is 2.73 bits per heavy atom. The van der Waals surface area contributed by atoms with E-state index >= 15 is 0 Å². The van der Waals surface area contributed by atoms with E-state index in [9.17, 15) is 4.79 Å². The highest BCUT2D eigenvalue weighted by Gasteiger charge is 2.18. The number of carbonyl (C=O) groups excluding carboxylic acids is 1. The number of rotatable bonds is 7. The van der Waals surface area contributed by atoms with Gasteiger partial charge in [-0.1, -0.05) is 49.0 Å². The molecular weight excluding hydrogens is 298 g/mol. The molecule has 0 spiro atoms. The SMILES string of the molecule is CCn1nnnc1SC(C)C(=O)NCC(C)c1ccccc1. The summed E-state index contributed by atoms with van der Waals surface area (Å²) in [7, 11) is 0. The molecule has 1 N–H and O–H groups in total. The van der Waals surface area contributed by atoms with Gasteiger partial charge in [-0.2, -0.15) is 0 Å². The molecule has 0 bridgehead atoms. The van der Waals surface area contributed by atoms with Gasteiger partial charge in [0.15, 0.2) is 0 Å². The number of thioether (sulfide) groups is 1. The van der Waals surface area contributed by atoms with Crippen molar-refractivity contribution in [2.75, 3.05) is 6.54 Å². The van der Waals surface area contributed by atoms with Crippen LogP contribution in [0.1, 0.15) is 32.3 Å². The zero-order chi connectivity index (χ0) is 15.9. The fraction of sp³-hybridized carbons (Fsp3) is 0.467. The van der Waals surface area contributed by atoms with Crippen molar-refractivity contribution in [1.29, 1.82) is 0 Å². The Bertz CT molecular complexity index is 601. The first kappa shape index (κ1) is 16.5. The van der Waals surface area contributed by atoms with Crippen LogP contribution in [-0.4, -0.2) is 37.9 Å². The van der Waals surface area contributed by atoms with Gasteiger partial charge >= 0.3 is 0 Å². The highest BCUT2D eigenvalue weighted by molar-refractivity contribution is 8.00. The highest BCUT2D eigenvalue weighted by Crippen LogP contribution is 2.20. The van der Waals surface area contributed by atoms with Crippen LogP contribution >= 0.6 is 11.8 Å². The van der Waals surface area contributed by atoms with Gasteiger partial charge in [0.05, 0.1) is 5.25 Å². The van der Waals surface area contributed by atoms with E-state index in [1.165, 1.54) is 17.3 Å². The molecule has 0 aliphatic carbocycles. The Morgan fingerprint density at radius 2 is 2.05 bits per heavy atom. The van der Waals surface area contributed by atoms with Gasteiger partial charge < -0.3 is 5.32 Å². The summed E-state index contributed by atoms with van der Waals surface area (Å²) < 4.78 is 1.68. The molecule has 1 amide bonds. The summed E-state index contributed by atoms with van der Waals surface area (Å²) in [6.07, 6.45) is 0. The Kier molecular flexibility index (Phi) is 5.94. The zero-order valence-electron chi connectivity index (χ0n) is 13.1. The third-order valence-corrected chi connectivity index (χ3v) is 4.47. The first-order valence-corrected chi connectivity index (χ1v) is 8.25. The van der Waals surface area contributed by atoms with Crippen molar-refractivity contribution in [3.05, 3.63) is 35.9 Å². The number of amides is 1. The lowest BCUT2D eigenvalue weighted by molar-refractivity contribution is -0.120.